The summed E-state index contributed by atoms with van der Waals surface area (Å²) in [5.74, 6) is -0.707. The molecular formula is C9H15FO2. The highest BCUT2D eigenvalue weighted by Gasteiger charge is 2.20. The number of carbonyl (C=O) groups is 1. The fraction of sp³-hybridized carbons (Fsp3) is 0.889. The van der Waals surface area contributed by atoms with Crippen LogP contribution in [0, 0.1) is 0 Å². The molecule has 0 bridgehead atoms. The first-order valence-corrected chi connectivity index (χ1v) is 4.54. The van der Waals surface area contributed by atoms with Gasteiger partial charge in [0.15, 0.2) is 6.17 Å². The normalized spacial score (nSPS) is 21.8. The summed E-state index contributed by atoms with van der Waals surface area (Å²) >= 11 is 0. The number of hydrogen-bond acceptors (Lipinski definition) is 2. The molecule has 1 fully saturated rings. The molecule has 0 aliphatic heterocycles. The molecule has 0 N–H and O–H groups in total. The summed E-state index contributed by atoms with van der Waals surface area (Å²) in [6.07, 6.45) is 3.70. The van der Waals surface area contributed by atoms with E-state index in [1.807, 2.05) is 0 Å². The Labute approximate surface area is 72.1 Å². The van der Waals surface area contributed by atoms with Crippen LogP contribution < -0.4 is 0 Å². The maximum atomic E-state index is 12.4. The average Bonchev–Trinajstić information content (AvgIpc) is 2.06. The van der Waals surface area contributed by atoms with E-state index in [1.54, 1.807) is 0 Å². The summed E-state index contributed by atoms with van der Waals surface area (Å²) in [4.78, 5) is 10.8. The van der Waals surface area contributed by atoms with Crippen molar-refractivity contribution < 1.29 is 13.9 Å². The maximum Gasteiger partial charge on any atom is 0.340 e. The Balaban J connectivity index is 2.24. The van der Waals surface area contributed by atoms with Gasteiger partial charge in [-0.15, -0.1) is 0 Å². The Bertz CT molecular complexity index is 151. The molecule has 0 heterocycles. The lowest BCUT2D eigenvalue weighted by Crippen LogP contribution is -2.25. The summed E-state index contributed by atoms with van der Waals surface area (Å²) < 4.78 is 17.3. The molecule has 0 aromatic rings. The molecule has 0 saturated heterocycles. The highest BCUT2D eigenvalue weighted by molar-refractivity contribution is 5.74. The van der Waals surface area contributed by atoms with Crippen molar-refractivity contribution in [3.05, 3.63) is 0 Å². The van der Waals surface area contributed by atoms with Gasteiger partial charge in [-0.2, -0.15) is 0 Å². The van der Waals surface area contributed by atoms with Gasteiger partial charge in [0.25, 0.3) is 0 Å². The van der Waals surface area contributed by atoms with Gasteiger partial charge in [-0.05, 0) is 32.6 Å². The van der Waals surface area contributed by atoms with Crippen LogP contribution in [-0.2, 0) is 9.53 Å². The number of rotatable bonds is 2. The zero-order valence-electron chi connectivity index (χ0n) is 7.38. The standard InChI is InChI=1S/C9H15FO2/c1-7(10)9(11)12-8-5-3-2-4-6-8/h7-8H,2-6H2,1H3/t7-/m0/s1. The first-order valence-electron chi connectivity index (χ1n) is 4.54. The largest absolute Gasteiger partial charge is 0.460 e. The Morgan fingerprint density at radius 1 is 1.42 bits per heavy atom. The van der Waals surface area contributed by atoms with Gasteiger partial charge < -0.3 is 4.74 Å². The van der Waals surface area contributed by atoms with Crippen LogP contribution in [0.3, 0.4) is 0 Å². The van der Waals surface area contributed by atoms with E-state index < -0.39 is 12.1 Å². The van der Waals surface area contributed by atoms with Gasteiger partial charge in [0, 0.05) is 0 Å². The second-order valence-corrected chi connectivity index (χ2v) is 3.31. The third-order valence-corrected chi connectivity index (χ3v) is 2.16. The summed E-state index contributed by atoms with van der Waals surface area (Å²) in [7, 11) is 0. The van der Waals surface area contributed by atoms with Crippen molar-refractivity contribution in [1.82, 2.24) is 0 Å². The zero-order valence-corrected chi connectivity index (χ0v) is 7.38. The number of carbonyl (C=O) groups excluding carboxylic acids is 1. The molecule has 1 atom stereocenters. The van der Waals surface area contributed by atoms with Crippen molar-refractivity contribution >= 4 is 5.97 Å². The Kier molecular flexibility index (Phi) is 3.50. The summed E-state index contributed by atoms with van der Waals surface area (Å²) in [5.41, 5.74) is 0. The van der Waals surface area contributed by atoms with Gasteiger partial charge in [-0.25, -0.2) is 9.18 Å². The summed E-state index contributed by atoms with van der Waals surface area (Å²) in [6.45, 7) is 1.21. The van der Waals surface area contributed by atoms with E-state index >= 15 is 0 Å². The van der Waals surface area contributed by atoms with E-state index in [0.717, 1.165) is 25.7 Å². The minimum atomic E-state index is -1.48. The zero-order chi connectivity index (χ0) is 8.97. The number of ether oxygens (including phenoxy) is 1. The van der Waals surface area contributed by atoms with Crippen LogP contribution in [0.4, 0.5) is 4.39 Å². The highest BCUT2D eigenvalue weighted by atomic mass is 19.1. The maximum absolute atomic E-state index is 12.4. The molecule has 2 nitrogen and oxygen atoms in total. The van der Waals surface area contributed by atoms with Crippen LogP contribution in [-0.4, -0.2) is 18.2 Å². The fourth-order valence-electron chi connectivity index (χ4n) is 1.44. The van der Waals surface area contributed by atoms with E-state index in [2.05, 4.69) is 0 Å². The molecule has 0 radical (unpaired) electrons. The minimum Gasteiger partial charge on any atom is -0.460 e. The van der Waals surface area contributed by atoms with Crippen LogP contribution in [0.2, 0.25) is 0 Å². The molecule has 1 rings (SSSR count). The number of hydrogen-bond donors (Lipinski definition) is 0. The van der Waals surface area contributed by atoms with Gasteiger partial charge >= 0.3 is 5.97 Å². The third-order valence-electron chi connectivity index (χ3n) is 2.16. The van der Waals surface area contributed by atoms with Crippen molar-refractivity contribution in [3.8, 4) is 0 Å². The molecule has 1 aliphatic rings. The van der Waals surface area contributed by atoms with Gasteiger partial charge in [0.05, 0.1) is 0 Å². The molecule has 12 heavy (non-hydrogen) atoms. The molecule has 0 aromatic carbocycles. The first-order chi connectivity index (χ1) is 5.70. The minimum absolute atomic E-state index is 0.0237. The molecule has 0 spiro atoms. The summed E-state index contributed by atoms with van der Waals surface area (Å²) in [5, 5.41) is 0. The Morgan fingerprint density at radius 3 is 2.50 bits per heavy atom. The molecule has 0 unspecified atom stereocenters. The van der Waals surface area contributed by atoms with Crippen molar-refractivity contribution in [3.63, 3.8) is 0 Å². The molecule has 0 aromatic heterocycles. The molecule has 70 valence electrons. The SMILES string of the molecule is C[C@H](F)C(=O)OC1CCCCC1. The smallest absolute Gasteiger partial charge is 0.340 e. The predicted molar refractivity (Wildman–Crippen MR) is 43.5 cm³/mol. The van der Waals surface area contributed by atoms with E-state index in [4.69, 9.17) is 4.74 Å². The van der Waals surface area contributed by atoms with Crippen molar-refractivity contribution in [2.75, 3.05) is 0 Å². The number of alkyl halides is 1. The lowest BCUT2D eigenvalue weighted by Gasteiger charge is -2.21. The van der Waals surface area contributed by atoms with Crippen LogP contribution in [0.5, 0.6) is 0 Å². The van der Waals surface area contributed by atoms with Gasteiger partial charge in [0.2, 0.25) is 0 Å². The first kappa shape index (κ1) is 9.49. The summed E-state index contributed by atoms with van der Waals surface area (Å²) in [6, 6.07) is 0. The Hall–Kier alpha value is -0.600. The molecule has 0 amide bonds. The van der Waals surface area contributed by atoms with Crippen molar-refractivity contribution in [2.45, 2.75) is 51.3 Å². The molecule has 1 saturated carbocycles. The third kappa shape index (κ3) is 2.80. The van der Waals surface area contributed by atoms with E-state index in [-0.39, 0.29) is 6.10 Å². The molecular weight excluding hydrogens is 159 g/mol. The lowest BCUT2D eigenvalue weighted by molar-refractivity contribution is -0.155. The van der Waals surface area contributed by atoms with Crippen LogP contribution in [0.25, 0.3) is 0 Å². The van der Waals surface area contributed by atoms with Crippen molar-refractivity contribution in [2.24, 2.45) is 0 Å². The molecule has 1 aliphatic carbocycles. The fourth-order valence-corrected chi connectivity index (χ4v) is 1.44. The van der Waals surface area contributed by atoms with Gasteiger partial charge in [0.1, 0.15) is 6.10 Å². The molecule has 3 heteroatoms. The lowest BCUT2D eigenvalue weighted by atomic mass is 9.98. The monoisotopic (exact) mass is 174 g/mol. The number of halogens is 1. The second kappa shape index (κ2) is 4.43. The van der Waals surface area contributed by atoms with Crippen LogP contribution in [0.1, 0.15) is 39.0 Å². The predicted octanol–water partition coefficient (Wildman–Crippen LogP) is 2.22. The van der Waals surface area contributed by atoms with E-state index in [9.17, 15) is 9.18 Å². The number of esters is 1. The Morgan fingerprint density at radius 2 is 2.00 bits per heavy atom. The van der Waals surface area contributed by atoms with Crippen molar-refractivity contribution in [1.29, 1.82) is 0 Å². The van der Waals surface area contributed by atoms with Crippen LogP contribution >= 0.6 is 0 Å². The van der Waals surface area contributed by atoms with E-state index in [1.165, 1.54) is 13.3 Å². The quantitative estimate of drug-likeness (QED) is 0.600. The van der Waals surface area contributed by atoms with Gasteiger partial charge in [-0.1, -0.05) is 6.42 Å². The second-order valence-electron chi connectivity index (χ2n) is 3.31. The van der Waals surface area contributed by atoms with E-state index in [0.29, 0.717) is 0 Å². The van der Waals surface area contributed by atoms with Crippen LogP contribution in [0.15, 0.2) is 0 Å². The average molecular weight is 174 g/mol. The highest BCUT2D eigenvalue weighted by Crippen LogP contribution is 2.20. The van der Waals surface area contributed by atoms with Gasteiger partial charge in [-0.3, -0.25) is 0 Å². The topological polar surface area (TPSA) is 26.3 Å².